The van der Waals surface area contributed by atoms with Gasteiger partial charge in [-0.25, -0.2) is 0 Å². The molecule has 1 rings (SSSR count). The largest absolute Gasteiger partial charge is 0.192 e. The molecular formula is C12H18N2. The molecule has 1 aromatic rings. The van der Waals surface area contributed by atoms with Crippen LogP contribution in [0, 0.1) is 0 Å². The van der Waals surface area contributed by atoms with E-state index in [1.165, 1.54) is 0 Å². The van der Waals surface area contributed by atoms with E-state index in [2.05, 4.69) is 10.2 Å². The maximum absolute atomic E-state index is 4.00. The van der Waals surface area contributed by atoms with Crippen LogP contribution in [0.5, 0.6) is 0 Å². The van der Waals surface area contributed by atoms with Crippen molar-refractivity contribution in [3.63, 3.8) is 0 Å². The number of nitrogens with zero attached hydrogens (tertiary/aromatic N) is 2. The highest BCUT2D eigenvalue weighted by atomic mass is 15.1. The van der Waals surface area contributed by atoms with E-state index in [-0.39, 0.29) is 0 Å². The van der Waals surface area contributed by atoms with Crippen LogP contribution in [0.25, 0.3) is 5.70 Å². The number of hydrogen-bond donors (Lipinski definition) is 0. The lowest BCUT2D eigenvalue weighted by molar-refractivity contribution is 1.17. The third kappa shape index (κ3) is 3.99. The van der Waals surface area contributed by atoms with E-state index < -0.39 is 0 Å². The minimum absolute atomic E-state index is 0.915. The van der Waals surface area contributed by atoms with E-state index in [0.29, 0.717) is 0 Å². The number of hydrogen-bond acceptors (Lipinski definition) is 2. The van der Waals surface area contributed by atoms with Gasteiger partial charge in [-0.15, -0.1) is 0 Å². The van der Waals surface area contributed by atoms with Gasteiger partial charge in [-0.05, 0) is 6.92 Å². The standard InChI is InChI=1S/C10H12N2.C2H6/c1-3-10(12-11-2)9-7-5-4-6-8-9;1-2/h3-8H,1-2H3;1-2H3/b10-3-,12-11?;. The quantitative estimate of drug-likeness (QED) is 0.626. The minimum atomic E-state index is 0.915. The van der Waals surface area contributed by atoms with Gasteiger partial charge in [0.2, 0.25) is 0 Å². The Morgan fingerprint density at radius 1 is 1.14 bits per heavy atom. The molecule has 0 saturated heterocycles. The first-order valence-corrected chi connectivity index (χ1v) is 4.90. The summed E-state index contributed by atoms with van der Waals surface area (Å²) in [6.45, 7) is 5.96. The second kappa shape index (κ2) is 8.17. The van der Waals surface area contributed by atoms with Crippen LogP contribution in [0.4, 0.5) is 0 Å². The Kier molecular flexibility index (Phi) is 7.33. The summed E-state index contributed by atoms with van der Waals surface area (Å²) in [5, 5.41) is 7.74. The molecule has 0 amide bonds. The van der Waals surface area contributed by atoms with E-state index in [4.69, 9.17) is 0 Å². The highest BCUT2D eigenvalue weighted by molar-refractivity contribution is 5.63. The molecule has 0 saturated carbocycles. The SMILES string of the molecule is C/C=C(\N=NC)c1ccccc1.CC. The highest BCUT2D eigenvalue weighted by Crippen LogP contribution is 2.14. The van der Waals surface area contributed by atoms with Crippen LogP contribution in [-0.4, -0.2) is 7.05 Å². The molecule has 0 aliphatic heterocycles. The summed E-state index contributed by atoms with van der Waals surface area (Å²) >= 11 is 0. The Labute approximate surface area is 86.4 Å². The van der Waals surface area contributed by atoms with Crippen LogP contribution in [0.1, 0.15) is 26.3 Å². The lowest BCUT2D eigenvalue weighted by Crippen LogP contribution is -1.77. The fraction of sp³-hybridized carbons (Fsp3) is 0.333. The Balaban J connectivity index is 0.000000791. The second-order valence-electron chi connectivity index (χ2n) is 2.34. The Morgan fingerprint density at radius 3 is 2.14 bits per heavy atom. The average Bonchev–Trinajstić information content (AvgIpc) is 2.30. The third-order valence-corrected chi connectivity index (χ3v) is 1.55. The molecule has 0 unspecified atom stereocenters. The predicted octanol–water partition coefficient (Wildman–Crippen LogP) is 4.16. The van der Waals surface area contributed by atoms with Crippen molar-refractivity contribution < 1.29 is 0 Å². The van der Waals surface area contributed by atoms with Crippen molar-refractivity contribution in [3.8, 4) is 0 Å². The normalized spacial score (nSPS) is 11.0. The van der Waals surface area contributed by atoms with Gasteiger partial charge in [0.1, 0.15) is 0 Å². The van der Waals surface area contributed by atoms with Crippen molar-refractivity contribution in [2.45, 2.75) is 20.8 Å². The average molecular weight is 190 g/mol. The molecular weight excluding hydrogens is 172 g/mol. The van der Waals surface area contributed by atoms with E-state index in [9.17, 15) is 0 Å². The zero-order valence-corrected chi connectivity index (χ0v) is 9.36. The molecule has 2 nitrogen and oxygen atoms in total. The van der Waals surface area contributed by atoms with Crippen molar-refractivity contribution in [3.05, 3.63) is 42.0 Å². The molecule has 0 fully saturated rings. The van der Waals surface area contributed by atoms with Crippen LogP contribution < -0.4 is 0 Å². The van der Waals surface area contributed by atoms with Crippen LogP contribution in [-0.2, 0) is 0 Å². The Morgan fingerprint density at radius 2 is 1.71 bits per heavy atom. The topological polar surface area (TPSA) is 24.7 Å². The van der Waals surface area contributed by atoms with Crippen molar-refractivity contribution in [1.82, 2.24) is 0 Å². The fourth-order valence-corrected chi connectivity index (χ4v) is 0.999. The molecule has 0 N–H and O–H groups in total. The van der Waals surface area contributed by atoms with Crippen molar-refractivity contribution >= 4 is 5.70 Å². The maximum atomic E-state index is 4.00. The van der Waals surface area contributed by atoms with Crippen molar-refractivity contribution in [2.24, 2.45) is 10.2 Å². The van der Waals surface area contributed by atoms with E-state index in [0.717, 1.165) is 11.3 Å². The smallest absolute Gasteiger partial charge is 0.0882 e. The van der Waals surface area contributed by atoms with Gasteiger partial charge < -0.3 is 0 Å². The van der Waals surface area contributed by atoms with E-state index >= 15 is 0 Å². The molecule has 14 heavy (non-hydrogen) atoms. The second-order valence-corrected chi connectivity index (χ2v) is 2.34. The number of azo groups is 1. The molecule has 0 heterocycles. The lowest BCUT2D eigenvalue weighted by Gasteiger charge is -1.97. The van der Waals surface area contributed by atoms with E-state index in [1.54, 1.807) is 7.05 Å². The fourth-order valence-electron chi connectivity index (χ4n) is 0.999. The molecule has 0 aromatic heterocycles. The molecule has 2 heteroatoms. The first kappa shape index (κ1) is 12.6. The zero-order chi connectivity index (χ0) is 10.8. The van der Waals surface area contributed by atoms with Crippen LogP contribution in [0.15, 0.2) is 46.6 Å². The molecule has 0 aliphatic rings. The molecule has 0 spiro atoms. The molecule has 0 atom stereocenters. The van der Waals surface area contributed by atoms with Gasteiger partial charge in [-0.3, -0.25) is 0 Å². The Bertz CT molecular complexity index is 286. The summed E-state index contributed by atoms with van der Waals surface area (Å²) in [6, 6.07) is 10.0. The van der Waals surface area contributed by atoms with Crippen LogP contribution in [0.3, 0.4) is 0 Å². The Hall–Kier alpha value is -1.44. The first-order chi connectivity index (χ1) is 6.88. The van der Waals surface area contributed by atoms with Crippen molar-refractivity contribution in [1.29, 1.82) is 0 Å². The minimum Gasteiger partial charge on any atom is -0.192 e. The summed E-state index contributed by atoms with van der Waals surface area (Å²) in [4.78, 5) is 0. The summed E-state index contributed by atoms with van der Waals surface area (Å²) in [5.74, 6) is 0. The maximum Gasteiger partial charge on any atom is 0.0882 e. The van der Waals surface area contributed by atoms with Gasteiger partial charge in [0.15, 0.2) is 0 Å². The zero-order valence-electron chi connectivity index (χ0n) is 9.36. The third-order valence-electron chi connectivity index (χ3n) is 1.55. The van der Waals surface area contributed by atoms with Gasteiger partial charge in [0.25, 0.3) is 0 Å². The van der Waals surface area contributed by atoms with Gasteiger partial charge in [-0.2, -0.15) is 10.2 Å². The summed E-state index contributed by atoms with van der Waals surface area (Å²) in [6.07, 6.45) is 1.95. The summed E-state index contributed by atoms with van der Waals surface area (Å²) < 4.78 is 0. The predicted molar refractivity (Wildman–Crippen MR) is 62.2 cm³/mol. The van der Waals surface area contributed by atoms with Gasteiger partial charge >= 0.3 is 0 Å². The molecule has 0 radical (unpaired) electrons. The van der Waals surface area contributed by atoms with Gasteiger partial charge in [0.05, 0.1) is 5.70 Å². The van der Waals surface area contributed by atoms with Gasteiger partial charge in [-0.1, -0.05) is 50.3 Å². The summed E-state index contributed by atoms with van der Waals surface area (Å²) in [5.41, 5.74) is 2.02. The number of allylic oxidation sites excluding steroid dienone is 1. The molecule has 0 aliphatic carbocycles. The summed E-state index contributed by atoms with van der Waals surface area (Å²) in [7, 11) is 1.67. The lowest BCUT2D eigenvalue weighted by atomic mass is 10.1. The van der Waals surface area contributed by atoms with E-state index in [1.807, 2.05) is 57.2 Å². The van der Waals surface area contributed by atoms with Crippen LogP contribution in [0.2, 0.25) is 0 Å². The molecule has 1 aromatic carbocycles. The van der Waals surface area contributed by atoms with Gasteiger partial charge in [0, 0.05) is 12.6 Å². The van der Waals surface area contributed by atoms with Crippen LogP contribution >= 0.6 is 0 Å². The molecule has 0 bridgehead atoms. The highest BCUT2D eigenvalue weighted by Gasteiger charge is 1.95. The number of rotatable bonds is 2. The monoisotopic (exact) mass is 190 g/mol. The molecule has 76 valence electrons. The first-order valence-electron chi connectivity index (χ1n) is 4.90. The number of benzene rings is 1. The van der Waals surface area contributed by atoms with Crippen molar-refractivity contribution in [2.75, 3.05) is 7.05 Å².